The quantitative estimate of drug-likeness (QED) is 0.862. The maximum atomic E-state index is 14.0. The van der Waals surface area contributed by atoms with Crippen LogP contribution in [0.25, 0.3) is 0 Å². The molecule has 0 radical (unpaired) electrons. The molecule has 100 valence electrons. The molecule has 0 bridgehead atoms. The molecule has 2 atom stereocenters. The molecule has 0 aromatic heterocycles. The van der Waals surface area contributed by atoms with Crippen LogP contribution in [-0.4, -0.2) is 27.2 Å². The van der Waals surface area contributed by atoms with Gasteiger partial charge in [0.2, 0.25) is 0 Å². The van der Waals surface area contributed by atoms with E-state index in [0.29, 0.717) is 5.56 Å². The van der Waals surface area contributed by atoms with E-state index >= 15 is 0 Å². The lowest BCUT2D eigenvalue weighted by Gasteiger charge is -2.23. The second-order valence-corrected chi connectivity index (χ2v) is 4.53. The molecule has 3 nitrogen and oxygen atoms in total. The molecule has 0 saturated carbocycles. The third kappa shape index (κ3) is 2.47. The maximum Gasteiger partial charge on any atom is 0.165 e. The average Bonchev–Trinajstić information content (AvgIpc) is 2.87. The third-order valence-corrected chi connectivity index (χ3v) is 3.49. The zero-order valence-corrected chi connectivity index (χ0v) is 10.6. The summed E-state index contributed by atoms with van der Waals surface area (Å²) >= 11 is 0. The first-order valence-electron chi connectivity index (χ1n) is 6.08. The summed E-state index contributed by atoms with van der Waals surface area (Å²) in [5.74, 6) is -0.743. The number of nitrogens with one attached hydrogen (secondary N) is 2. The van der Waals surface area contributed by atoms with Crippen molar-refractivity contribution in [3.8, 4) is 5.75 Å². The topological polar surface area (TPSA) is 33.3 Å². The van der Waals surface area contributed by atoms with Crippen LogP contribution in [0.5, 0.6) is 5.75 Å². The van der Waals surface area contributed by atoms with Crippen LogP contribution in [0.1, 0.15) is 18.0 Å². The molecule has 0 aliphatic carbocycles. The lowest BCUT2D eigenvalue weighted by molar-refractivity contribution is 0.369. The molecule has 2 rings (SSSR count). The molecular formula is C13H18F2N2O. The first-order chi connectivity index (χ1) is 8.67. The van der Waals surface area contributed by atoms with Crippen LogP contribution < -0.4 is 15.4 Å². The van der Waals surface area contributed by atoms with Gasteiger partial charge in [-0.15, -0.1) is 0 Å². The number of rotatable bonds is 4. The molecule has 0 amide bonds. The standard InChI is InChI=1S/C13H18F2N2O/c1-16-13(8-3-4-17-7-8)9-5-11(15)12(18-2)6-10(9)14/h5-6,8,13,16-17H,3-4,7H2,1-2H3. The molecule has 1 aromatic carbocycles. The Bertz CT molecular complexity index is 420. The van der Waals surface area contributed by atoms with Crippen LogP contribution in [0.3, 0.4) is 0 Å². The fraction of sp³-hybridized carbons (Fsp3) is 0.538. The van der Waals surface area contributed by atoms with Gasteiger partial charge in [0, 0.05) is 17.7 Å². The Balaban J connectivity index is 2.32. The van der Waals surface area contributed by atoms with Crippen LogP contribution in [0.15, 0.2) is 12.1 Å². The van der Waals surface area contributed by atoms with Crippen molar-refractivity contribution in [2.24, 2.45) is 5.92 Å². The molecule has 18 heavy (non-hydrogen) atoms. The number of ether oxygens (including phenoxy) is 1. The largest absolute Gasteiger partial charge is 0.494 e. The number of benzene rings is 1. The van der Waals surface area contributed by atoms with Gasteiger partial charge in [-0.25, -0.2) is 8.78 Å². The molecule has 1 aromatic rings. The van der Waals surface area contributed by atoms with Gasteiger partial charge in [-0.3, -0.25) is 0 Å². The first-order valence-corrected chi connectivity index (χ1v) is 6.08. The fourth-order valence-electron chi connectivity index (χ4n) is 2.55. The molecular weight excluding hydrogens is 238 g/mol. The van der Waals surface area contributed by atoms with Gasteiger partial charge in [0.15, 0.2) is 11.6 Å². The maximum absolute atomic E-state index is 14.0. The van der Waals surface area contributed by atoms with E-state index in [1.807, 2.05) is 0 Å². The van der Waals surface area contributed by atoms with Crippen molar-refractivity contribution in [1.82, 2.24) is 10.6 Å². The van der Waals surface area contributed by atoms with Gasteiger partial charge in [0.25, 0.3) is 0 Å². The Morgan fingerprint density at radius 3 is 2.72 bits per heavy atom. The van der Waals surface area contributed by atoms with Crippen molar-refractivity contribution in [2.45, 2.75) is 12.5 Å². The smallest absolute Gasteiger partial charge is 0.165 e. The first kappa shape index (κ1) is 13.2. The van der Waals surface area contributed by atoms with Crippen molar-refractivity contribution >= 4 is 0 Å². The molecule has 1 fully saturated rings. The van der Waals surface area contributed by atoms with Crippen molar-refractivity contribution in [1.29, 1.82) is 0 Å². The molecule has 5 heteroatoms. The summed E-state index contributed by atoms with van der Waals surface area (Å²) in [5, 5.41) is 6.31. The summed E-state index contributed by atoms with van der Waals surface area (Å²) in [7, 11) is 3.10. The van der Waals surface area contributed by atoms with E-state index in [4.69, 9.17) is 4.74 Å². The van der Waals surface area contributed by atoms with Gasteiger partial charge in [0.1, 0.15) is 5.82 Å². The van der Waals surface area contributed by atoms with Crippen molar-refractivity contribution in [3.05, 3.63) is 29.3 Å². The van der Waals surface area contributed by atoms with E-state index in [1.54, 1.807) is 7.05 Å². The zero-order chi connectivity index (χ0) is 13.1. The summed E-state index contributed by atoms with van der Waals surface area (Å²) in [6.45, 7) is 1.74. The lowest BCUT2D eigenvalue weighted by atomic mass is 9.92. The van der Waals surface area contributed by atoms with E-state index in [2.05, 4.69) is 10.6 Å². The molecule has 0 spiro atoms. The minimum atomic E-state index is -0.528. The zero-order valence-electron chi connectivity index (χ0n) is 10.6. The highest BCUT2D eigenvalue weighted by molar-refractivity contribution is 5.33. The van der Waals surface area contributed by atoms with Gasteiger partial charge < -0.3 is 15.4 Å². The lowest BCUT2D eigenvalue weighted by Crippen LogP contribution is -2.27. The summed E-state index contributed by atoms with van der Waals surface area (Å²) in [6.07, 6.45) is 0.957. The van der Waals surface area contributed by atoms with Crippen LogP contribution in [0.2, 0.25) is 0 Å². The molecule has 2 unspecified atom stereocenters. The monoisotopic (exact) mass is 256 g/mol. The minimum Gasteiger partial charge on any atom is -0.494 e. The van der Waals surface area contributed by atoms with Gasteiger partial charge in [-0.2, -0.15) is 0 Å². The Labute approximate surface area is 106 Å². The van der Waals surface area contributed by atoms with Crippen LogP contribution in [-0.2, 0) is 0 Å². The Morgan fingerprint density at radius 2 is 2.17 bits per heavy atom. The molecule has 1 saturated heterocycles. The van der Waals surface area contributed by atoms with Crippen LogP contribution >= 0.6 is 0 Å². The van der Waals surface area contributed by atoms with Crippen LogP contribution in [0, 0.1) is 17.6 Å². The SMILES string of the molecule is CNC(c1cc(F)c(OC)cc1F)C1CCNC1. The second kappa shape index (κ2) is 5.63. The summed E-state index contributed by atoms with van der Waals surface area (Å²) in [6, 6.07) is 2.16. The van der Waals surface area contributed by atoms with E-state index in [9.17, 15) is 8.78 Å². The predicted molar refractivity (Wildman–Crippen MR) is 65.7 cm³/mol. The number of hydrogen-bond donors (Lipinski definition) is 2. The van der Waals surface area contributed by atoms with Gasteiger partial charge >= 0.3 is 0 Å². The number of methoxy groups -OCH3 is 1. The fourth-order valence-corrected chi connectivity index (χ4v) is 2.55. The van der Waals surface area contributed by atoms with E-state index in [1.165, 1.54) is 13.2 Å². The Hall–Kier alpha value is -1.20. The highest BCUT2D eigenvalue weighted by Gasteiger charge is 2.28. The highest BCUT2D eigenvalue weighted by Crippen LogP contribution is 2.31. The van der Waals surface area contributed by atoms with Crippen molar-refractivity contribution in [2.75, 3.05) is 27.2 Å². The van der Waals surface area contributed by atoms with Gasteiger partial charge in [-0.05, 0) is 38.5 Å². The molecule has 1 heterocycles. The normalized spacial score (nSPS) is 21.0. The Kier molecular flexibility index (Phi) is 4.14. The average molecular weight is 256 g/mol. The minimum absolute atomic E-state index is 0.0596. The second-order valence-electron chi connectivity index (χ2n) is 4.53. The van der Waals surface area contributed by atoms with Gasteiger partial charge in [-0.1, -0.05) is 0 Å². The number of hydrogen-bond acceptors (Lipinski definition) is 3. The summed E-state index contributed by atoms with van der Waals surface area (Å²) in [4.78, 5) is 0. The molecule has 1 aliphatic rings. The van der Waals surface area contributed by atoms with Crippen LogP contribution in [0.4, 0.5) is 8.78 Å². The van der Waals surface area contributed by atoms with E-state index in [-0.39, 0.29) is 17.7 Å². The Morgan fingerprint density at radius 1 is 1.39 bits per heavy atom. The molecule has 1 aliphatic heterocycles. The van der Waals surface area contributed by atoms with E-state index < -0.39 is 11.6 Å². The van der Waals surface area contributed by atoms with E-state index in [0.717, 1.165) is 25.6 Å². The third-order valence-electron chi connectivity index (χ3n) is 3.49. The molecule has 2 N–H and O–H groups in total. The summed E-state index contributed by atoms with van der Waals surface area (Å²) < 4.78 is 32.5. The highest BCUT2D eigenvalue weighted by atomic mass is 19.1. The van der Waals surface area contributed by atoms with Gasteiger partial charge in [0.05, 0.1) is 7.11 Å². The van der Waals surface area contributed by atoms with Crippen molar-refractivity contribution in [3.63, 3.8) is 0 Å². The van der Waals surface area contributed by atoms with Crippen molar-refractivity contribution < 1.29 is 13.5 Å². The predicted octanol–water partition coefficient (Wildman–Crippen LogP) is 1.84. The number of halogens is 2. The summed E-state index contributed by atoms with van der Waals surface area (Å²) in [5.41, 5.74) is 0.365.